The molecule has 1 N–H and O–H groups in total. The number of ether oxygens (including phenoxy) is 1. The summed E-state index contributed by atoms with van der Waals surface area (Å²) >= 11 is 0. The molecule has 1 saturated heterocycles. The highest BCUT2D eigenvalue weighted by Gasteiger charge is 2.15. The Morgan fingerprint density at radius 2 is 2.32 bits per heavy atom. The van der Waals surface area contributed by atoms with E-state index in [4.69, 9.17) is 4.74 Å². The van der Waals surface area contributed by atoms with E-state index in [1.807, 2.05) is 12.3 Å². The number of rotatable bonds is 6. The summed E-state index contributed by atoms with van der Waals surface area (Å²) in [6, 6.07) is 4.19. The SMILES string of the molecule is CCNc1ccc(CN(C)CC2CCCCO2)cn1. The zero-order valence-electron chi connectivity index (χ0n) is 12.1. The predicted octanol–water partition coefficient (Wildman–Crippen LogP) is 2.51. The van der Waals surface area contributed by atoms with Gasteiger partial charge in [0.15, 0.2) is 0 Å². The fourth-order valence-corrected chi connectivity index (χ4v) is 2.48. The Morgan fingerprint density at radius 3 is 2.95 bits per heavy atom. The second-order valence-corrected chi connectivity index (χ2v) is 5.27. The molecule has 1 aliphatic heterocycles. The monoisotopic (exact) mass is 263 g/mol. The van der Waals surface area contributed by atoms with E-state index in [9.17, 15) is 0 Å². The van der Waals surface area contributed by atoms with Gasteiger partial charge in [-0.25, -0.2) is 4.98 Å². The quantitative estimate of drug-likeness (QED) is 0.856. The molecule has 0 saturated carbocycles. The van der Waals surface area contributed by atoms with E-state index in [2.05, 4.69) is 35.2 Å². The molecule has 1 aromatic heterocycles. The first-order valence-corrected chi connectivity index (χ1v) is 7.27. The van der Waals surface area contributed by atoms with Crippen LogP contribution in [0.25, 0.3) is 0 Å². The van der Waals surface area contributed by atoms with Crippen molar-refractivity contribution in [3.63, 3.8) is 0 Å². The molecule has 0 amide bonds. The summed E-state index contributed by atoms with van der Waals surface area (Å²) in [5.41, 5.74) is 1.25. The first-order chi connectivity index (χ1) is 9.28. The van der Waals surface area contributed by atoms with Crippen molar-refractivity contribution in [2.24, 2.45) is 0 Å². The third-order valence-corrected chi connectivity index (χ3v) is 3.42. The summed E-state index contributed by atoms with van der Waals surface area (Å²) in [6.45, 7) is 5.85. The lowest BCUT2D eigenvalue weighted by molar-refractivity contribution is -0.00260. The van der Waals surface area contributed by atoms with Gasteiger partial charge < -0.3 is 10.1 Å². The maximum atomic E-state index is 5.77. The van der Waals surface area contributed by atoms with Crippen LogP contribution in [0, 0.1) is 0 Å². The fourth-order valence-electron chi connectivity index (χ4n) is 2.48. The summed E-state index contributed by atoms with van der Waals surface area (Å²) < 4.78 is 5.77. The molecule has 4 heteroatoms. The van der Waals surface area contributed by atoms with Gasteiger partial charge in [-0.05, 0) is 44.9 Å². The van der Waals surface area contributed by atoms with Crippen LogP contribution in [0.5, 0.6) is 0 Å². The predicted molar refractivity (Wildman–Crippen MR) is 78.3 cm³/mol. The lowest BCUT2D eigenvalue weighted by Gasteiger charge is -2.27. The van der Waals surface area contributed by atoms with Gasteiger partial charge in [0.25, 0.3) is 0 Å². The molecule has 0 aliphatic carbocycles. The Morgan fingerprint density at radius 1 is 1.42 bits per heavy atom. The molecule has 106 valence electrons. The van der Waals surface area contributed by atoms with Crippen LogP contribution < -0.4 is 5.32 Å². The Hall–Kier alpha value is -1.13. The number of pyridine rings is 1. The van der Waals surface area contributed by atoms with Crippen molar-refractivity contribution < 1.29 is 4.74 Å². The van der Waals surface area contributed by atoms with E-state index >= 15 is 0 Å². The van der Waals surface area contributed by atoms with E-state index in [0.29, 0.717) is 6.10 Å². The van der Waals surface area contributed by atoms with Gasteiger partial charge in [0.05, 0.1) is 6.10 Å². The first-order valence-electron chi connectivity index (χ1n) is 7.27. The van der Waals surface area contributed by atoms with Crippen molar-refractivity contribution in [1.29, 1.82) is 0 Å². The zero-order chi connectivity index (χ0) is 13.5. The average Bonchev–Trinajstić information content (AvgIpc) is 2.42. The van der Waals surface area contributed by atoms with Crippen LogP contribution in [0.1, 0.15) is 31.7 Å². The van der Waals surface area contributed by atoms with Gasteiger partial charge in [0.2, 0.25) is 0 Å². The van der Waals surface area contributed by atoms with Gasteiger partial charge in [-0.15, -0.1) is 0 Å². The van der Waals surface area contributed by atoms with Crippen LogP contribution in [0.3, 0.4) is 0 Å². The lowest BCUT2D eigenvalue weighted by atomic mass is 10.1. The molecule has 1 fully saturated rings. The molecule has 0 spiro atoms. The summed E-state index contributed by atoms with van der Waals surface area (Å²) in [5.74, 6) is 0.949. The topological polar surface area (TPSA) is 37.4 Å². The molecular formula is C15H25N3O. The van der Waals surface area contributed by atoms with E-state index in [-0.39, 0.29) is 0 Å². The Kier molecular flexibility index (Phi) is 5.61. The van der Waals surface area contributed by atoms with Gasteiger partial charge in [0.1, 0.15) is 5.82 Å². The molecule has 1 atom stereocenters. The number of nitrogens with one attached hydrogen (secondary N) is 1. The standard InChI is InChI=1S/C15H25N3O/c1-3-16-15-8-7-13(10-17-15)11-18(2)12-14-6-4-5-9-19-14/h7-8,10,14H,3-6,9,11-12H2,1-2H3,(H,16,17). The van der Waals surface area contributed by atoms with Crippen molar-refractivity contribution in [2.45, 2.75) is 38.8 Å². The number of hydrogen-bond donors (Lipinski definition) is 1. The highest BCUT2D eigenvalue weighted by Crippen LogP contribution is 2.14. The molecule has 4 nitrogen and oxygen atoms in total. The van der Waals surface area contributed by atoms with Gasteiger partial charge in [-0.3, -0.25) is 4.90 Å². The minimum absolute atomic E-state index is 0.410. The second-order valence-electron chi connectivity index (χ2n) is 5.27. The lowest BCUT2D eigenvalue weighted by Crippen LogP contribution is -2.33. The number of aromatic nitrogens is 1. The van der Waals surface area contributed by atoms with Gasteiger partial charge >= 0.3 is 0 Å². The van der Waals surface area contributed by atoms with Gasteiger partial charge in [-0.1, -0.05) is 6.07 Å². The maximum absolute atomic E-state index is 5.77. The highest BCUT2D eigenvalue weighted by atomic mass is 16.5. The zero-order valence-corrected chi connectivity index (χ0v) is 12.1. The number of hydrogen-bond acceptors (Lipinski definition) is 4. The molecule has 1 aromatic rings. The van der Waals surface area contributed by atoms with Gasteiger partial charge in [-0.2, -0.15) is 0 Å². The molecule has 0 aromatic carbocycles. The van der Waals surface area contributed by atoms with E-state index in [0.717, 1.165) is 32.1 Å². The molecular weight excluding hydrogens is 238 g/mol. The fraction of sp³-hybridized carbons (Fsp3) is 0.667. The molecule has 19 heavy (non-hydrogen) atoms. The highest BCUT2D eigenvalue weighted by molar-refractivity contribution is 5.35. The molecule has 1 unspecified atom stereocenters. The normalized spacial score (nSPS) is 19.6. The van der Waals surface area contributed by atoms with Crippen molar-refractivity contribution in [3.05, 3.63) is 23.9 Å². The second kappa shape index (κ2) is 7.46. The van der Waals surface area contributed by atoms with Crippen molar-refractivity contribution in [3.8, 4) is 0 Å². The van der Waals surface area contributed by atoms with Crippen LogP contribution in [-0.4, -0.2) is 42.7 Å². The Labute approximate surface area is 116 Å². The smallest absolute Gasteiger partial charge is 0.125 e. The summed E-state index contributed by atoms with van der Waals surface area (Å²) in [6.07, 6.45) is 6.08. The van der Waals surface area contributed by atoms with Crippen LogP contribution in [-0.2, 0) is 11.3 Å². The largest absolute Gasteiger partial charge is 0.377 e. The number of nitrogens with zero attached hydrogens (tertiary/aromatic N) is 2. The van der Waals surface area contributed by atoms with E-state index in [1.165, 1.54) is 24.8 Å². The molecule has 1 aliphatic rings. The van der Waals surface area contributed by atoms with Crippen LogP contribution in [0.4, 0.5) is 5.82 Å². The van der Waals surface area contributed by atoms with E-state index < -0.39 is 0 Å². The van der Waals surface area contributed by atoms with Crippen molar-refractivity contribution >= 4 is 5.82 Å². The molecule has 2 heterocycles. The molecule has 0 radical (unpaired) electrons. The number of likely N-dealkylation sites (N-methyl/N-ethyl adjacent to an activating group) is 1. The van der Waals surface area contributed by atoms with Crippen LogP contribution in [0.15, 0.2) is 18.3 Å². The van der Waals surface area contributed by atoms with Crippen molar-refractivity contribution in [1.82, 2.24) is 9.88 Å². The van der Waals surface area contributed by atoms with Crippen LogP contribution >= 0.6 is 0 Å². The van der Waals surface area contributed by atoms with Crippen LogP contribution in [0.2, 0.25) is 0 Å². The Balaban J connectivity index is 1.78. The number of anilines is 1. The third kappa shape index (κ3) is 4.80. The minimum Gasteiger partial charge on any atom is -0.377 e. The Bertz CT molecular complexity index is 360. The van der Waals surface area contributed by atoms with E-state index in [1.54, 1.807) is 0 Å². The molecule has 0 bridgehead atoms. The summed E-state index contributed by atoms with van der Waals surface area (Å²) in [7, 11) is 2.15. The van der Waals surface area contributed by atoms with Crippen molar-refractivity contribution in [2.75, 3.05) is 32.1 Å². The third-order valence-electron chi connectivity index (χ3n) is 3.42. The summed E-state index contributed by atoms with van der Waals surface area (Å²) in [4.78, 5) is 6.72. The minimum atomic E-state index is 0.410. The average molecular weight is 263 g/mol. The molecule has 2 rings (SSSR count). The summed E-state index contributed by atoms with van der Waals surface area (Å²) in [5, 5.41) is 3.21. The maximum Gasteiger partial charge on any atom is 0.125 e. The van der Waals surface area contributed by atoms with Gasteiger partial charge in [0, 0.05) is 32.4 Å². The first kappa shape index (κ1) is 14.3.